The van der Waals surface area contributed by atoms with E-state index in [9.17, 15) is 0 Å². The summed E-state index contributed by atoms with van der Waals surface area (Å²) in [6.07, 6.45) is 8.78. The summed E-state index contributed by atoms with van der Waals surface area (Å²) in [7, 11) is 0. The Kier molecular flexibility index (Phi) is 6.22. The van der Waals surface area contributed by atoms with Crippen LogP contribution < -0.4 is 4.57 Å². The molecule has 114 valence electrons. The molecule has 0 bridgehead atoms. The first kappa shape index (κ1) is 16.3. The van der Waals surface area contributed by atoms with Crippen molar-refractivity contribution in [2.45, 2.75) is 53.0 Å². The molecule has 0 spiro atoms. The summed E-state index contributed by atoms with van der Waals surface area (Å²) in [5, 5.41) is 0. The topological polar surface area (TPSA) is 3.88 Å². The van der Waals surface area contributed by atoms with Crippen LogP contribution in [0.15, 0.2) is 42.7 Å². The SMILES string of the molecule is CCCc1ccc(C#CCCC[n+]2cc(C)cc(C)c2)cc1. The van der Waals surface area contributed by atoms with Crippen LogP contribution in [0.5, 0.6) is 0 Å². The van der Waals surface area contributed by atoms with Gasteiger partial charge in [-0.25, -0.2) is 4.57 Å². The molecule has 0 amide bonds. The molecular weight excluding hydrogens is 266 g/mol. The van der Waals surface area contributed by atoms with E-state index in [0.717, 1.165) is 31.4 Å². The molecule has 0 fully saturated rings. The molecule has 0 saturated heterocycles. The molecule has 1 aromatic heterocycles. The van der Waals surface area contributed by atoms with Crippen molar-refractivity contribution in [2.75, 3.05) is 0 Å². The summed E-state index contributed by atoms with van der Waals surface area (Å²) in [4.78, 5) is 0. The lowest BCUT2D eigenvalue weighted by atomic mass is 10.1. The lowest BCUT2D eigenvalue weighted by Crippen LogP contribution is -2.33. The Bertz CT molecular complexity index is 636. The number of nitrogens with zero attached hydrogens (tertiary/aromatic N) is 1. The second kappa shape index (κ2) is 8.39. The normalized spacial score (nSPS) is 10.1. The number of unbranched alkanes of at least 4 members (excludes halogenated alkanes) is 1. The zero-order chi connectivity index (χ0) is 15.8. The van der Waals surface area contributed by atoms with Crippen LogP contribution in [0, 0.1) is 25.7 Å². The summed E-state index contributed by atoms with van der Waals surface area (Å²) in [5.74, 6) is 6.55. The molecule has 0 radical (unpaired) electrons. The van der Waals surface area contributed by atoms with E-state index in [4.69, 9.17) is 0 Å². The molecule has 0 atom stereocenters. The van der Waals surface area contributed by atoms with E-state index >= 15 is 0 Å². The van der Waals surface area contributed by atoms with Gasteiger partial charge in [0.2, 0.25) is 0 Å². The van der Waals surface area contributed by atoms with Crippen molar-refractivity contribution in [3.63, 3.8) is 0 Å². The third-order valence-corrected chi connectivity index (χ3v) is 3.64. The molecule has 0 aliphatic rings. The highest BCUT2D eigenvalue weighted by Crippen LogP contribution is 2.05. The van der Waals surface area contributed by atoms with E-state index in [1.54, 1.807) is 0 Å². The van der Waals surface area contributed by atoms with Crippen molar-refractivity contribution in [2.24, 2.45) is 0 Å². The molecule has 2 aromatic rings. The third-order valence-electron chi connectivity index (χ3n) is 3.64. The molecule has 22 heavy (non-hydrogen) atoms. The van der Waals surface area contributed by atoms with Crippen LogP contribution in [0.2, 0.25) is 0 Å². The maximum absolute atomic E-state index is 3.29. The first-order chi connectivity index (χ1) is 10.7. The zero-order valence-electron chi connectivity index (χ0n) is 14.0. The number of benzene rings is 1. The lowest BCUT2D eigenvalue weighted by Gasteiger charge is -1.98. The number of pyridine rings is 1. The van der Waals surface area contributed by atoms with Crippen molar-refractivity contribution >= 4 is 0 Å². The highest BCUT2D eigenvalue weighted by molar-refractivity contribution is 5.36. The van der Waals surface area contributed by atoms with Gasteiger partial charge in [0, 0.05) is 29.5 Å². The largest absolute Gasteiger partial charge is 0.205 e. The Morgan fingerprint density at radius 1 is 1.00 bits per heavy atom. The van der Waals surface area contributed by atoms with Gasteiger partial charge in [-0.3, -0.25) is 0 Å². The molecule has 1 nitrogen and oxygen atoms in total. The predicted octanol–water partition coefficient (Wildman–Crippen LogP) is 4.38. The monoisotopic (exact) mass is 292 g/mol. The number of hydrogen-bond donors (Lipinski definition) is 0. The molecule has 1 heterocycles. The summed E-state index contributed by atoms with van der Waals surface area (Å²) in [6.45, 7) is 7.53. The maximum Gasteiger partial charge on any atom is 0.171 e. The number of aryl methyl sites for hydroxylation is 4. The van der Waals surface area contributed by atoms with Gasteiger partial charge in [-0.05, 0) is 44.0 Å². The van der Waals surface area contributed by atoms with Gasteiger partial charge in [0.25, 0.3) is 0 Å². The fourth-order valence-corrected chi connectivity index (χ4v) is 2.68. The Morgan fingerprint density at radius 2 is 1.68 bits per heavy atom. The minimum absolute atomic E-state index is 0.941. The molecule has 2 rings (SSSR count). The van der Waals surface area contributed by atoms with Crippen molar-refractivity contribution in [1.29, 1.82) is 0 Å². The third kappa shape index (κ3) is 5.37. The van der Waals surface area contributed by atoms with Gasteiger partial charge in [0.15, 0.2) is 12.4 Å². The highest BCUT2D eigenvalue weighted by Gasteiger charge is 2.01. The van der Waals surface area contributed by atoms with Gasteiger partial charge in [-0.2, -0.15) is 0 Å². The molecule has 1 heteroatoms. The van der Waals surface area contributed by atoms with Crippen molar-refractivity contribution in [1.82, 2.24) is 0 Å². The highest BCUT2D eigenvalue weighted by atomic mass is 14.9. The molecule has 0 saturated carbocycles. The van der Waals surface area contributed by atoms with Crippen LogP contribution in [0.4, 0.5) is 0 Å². The van der Waals surface area contributed by atoms with E-state index in [1.807, 2.05) is 0 Å². The van der Waals surface area contributed by atoms with E-state index in [1.165, 1.54) is 23.1 Å². The van der Waals surface area contributed by atoms with Gasteiger partial charge < -0.3 is 0 Å². The van der Waals surface area contributed by atoms with E-state index in [2.05, 4.69) is 79.9 Å². The fraction of sp³-hybridized carbons (Fsp3) is 0.381. The predicted molar refractivity (Wildman–Crippen MR) is 92.7 cm³/mol. The summed E-state index contributed by atoms with van der Waals surface area (Å²) in [6, 6.07) is 10.9. The first-order valence-electron chi connectivity index (χ1n) is 8.22. The van der Waals surface area contributed by atoms with Crippen molar-refractivity contribution in [3.8, 4) is 11.8 Å². The number of hydrogen-bond acceptors (Lipinski definition) is 0. The van der Waals surface area contributed by atoms with Gasteiger partial charge in [0.05, 0.1) is 0 Å². The standard InChI is InChI=1S/C21H26N/c1-4-8-20-10-12-21(13-11-20)9-6-5-7-14-22-16-18(2)15-19(3)17-22/h10-13,15-17H,4-5,7-8,14H2,1-3H3/q+1. The van der Waals surface area contributed by atoms with E-state index < -0.39 is 0 Å². The molecule has 0 N–H and O–H groups in total. The zero-order valence-corrected chi connectivity index (χ0v) is 14.0. The van der Waals surface area contributed by atoms with Crippen LogP contribution >= 0.6 is 0 Å². The van der Waals surface area contributed by atoms with Crippen molar-refractivity contribution in [3.05, 3.63) is 65.0 Å². The lowest BCUT2D eigenvalue weighted by molar-refractivity contribution is -0.697. The van der Waals surface area contributed by atoms with Crippen LogP contribution in [0.3, 0.4) is 0 Å². The molecule has 0 aliphatic heterocycles. The minimum atomic E-state index is 0.941. The van der Waals surface area contributed by atoms with E-state index in [0.29, 0.717) is 0 Å². The van der Waals surface area contributed by atoms with Crippen LogP contribution in [0.25, 0.3) is 0 Å². The number of aromatic nitrogens is 1. The Morgan fingerprint density at radius 3 is 2.32 bits per heavy atom. The Labute approximate surface area is 135 Å². The van der Waals surface area contributed by atoms with Crippen LogP contribution in [0.1, 0.15) is 48.4 Å². The maximum atomic E-state index is 3.29. The van der Waals surface area contributed by atoms with Crippen LogP contribution in [-0.4, -0.2) is 0 Å². The molecule has 1 aromatic carbocycles. The summed E-state index contributed by atoms with van der Waals surface area (Å²) >= 11 is 0. The average Bonchev–Trinajstić information content (AvgIpc) is 2.48. The second-order valence-corrected chi connectivity index (χ2v) is 5.98. The second-order valence-electron chi connectivity index (χ2n) is 5.98. The molecular formula is C21H26N+. The van der Waals surface area contributed by atoms with Gasteiger partial charge in [0.1, 0.15) is 6.54 Å². The van der Waals surface area contributed by atoms with Gasteiger partial charge >= 0.3 is 0 Å². The quantitative estimate of drug-likeness (QED) is 0.437. The van der Waals surface area contributed by atoms with Crippen molar-refractivity contribution < 1.29 is 4.57 Å². The first-order valence-corrected chi connectivity index (χ1v) is 8.22. The van der Waals surface area contributed by atoms with Gasteiger partial charge in [-0.1, -0.05) is 37.3 Å². The fourth-order valence-electron chi connectivity index (χ4n) is 2.68. The minimum Gasteiger partial charge on any atom is -0.205 e. The molecule has 0 unspecified atom stereocenters. The summed E-state index contributed by atoms with van der Waals surface area (Å²) in [5.41, 5.74) is 5.16. The van der Waals surface area contributed by atoms with E-state index in [-0.39, 0.29) is 0 Å². The smallest absolute Gasteiger partial charge is 0.171 e. The molecule has 0 aliphatic carbocycles. The van der Waals surface area contributed by atoms with Gasteiger partial charge in [-0.15, -0.1) is 0 Å². The Hall–Kier alpha value is -2.07. The Balaban J connectivity index is 1.81. The van der Waals surface area contributed by atoms with Crippen LogP contribution in [-0.2, 0) is 13.0 Å². The number of rotatable bonds is 5. The average molecular weight is 292 g/mol. The summed E-state index contributed by atoms with van der Waals surface area (Å²) < 4.78 is 2.27.